The number of nitrogens with zero attached hydrogens (tertiary/aromatic N) is 2. The minimum Gasteiger partial charge on any atom is -0.481 e. The molecule has 0 bridgehead atoms. The van der Waals surface area contributed by atoms with E-state index in [1.807, 2.05) is 42.1 Å². The van der Waals surface area contributed by atoms with Crippen LogP contribution in [0.3, 0.4) is 0 Å². The molecule has 2 N–H and O–H groups in total. The number of para-hydroxylation sites is 1. The first-order chi connectivity index (χ1) is 10.6. The molecular weight excluding hydrogens is 282 g/mol. The number of carboxylic acids is 1. The summed E-state index contributed by atoms with van der Waals surface area (Å²) < 4.78 is 1.92. The lowest BCUT2D eigenvalue weighted by molar-refractivity contribution is -0.141. The van der Waals surface area contributed by atoms with Gasteiger partial charge in [-0.3, -0.25) is 9.59 Å². The normalized spacial score (nSPS) is 19.1. The Morgan fingerprint density at radius 1 is 1.32 bits per heavy atom. The van der Waals surface area contributed by atoms with E-state index in [0.717, 1.165) is 10.9 Å². The summed E-state index contributed by atoms with van der Waals surface area (Å²) in [5.41, 5.74) is 1.62. The van der Waals surface area contributed by atoms with Crippen LogP contribution in [0.4, 0.5) is 0 Å². The minimum absolute atomic E-state index is 0.105. The number of rotatable bonds is 2. The maximum absolute atomic E-state index is 12.8. The molecule has 0 saturated carbocycles. The molecule has 3 rings (SSSR count). The average Bonchev–Trinajstić information content (AvgIpc) is 2.71. The summed E-state index contributed by atoms with van der Waals surface area (Å²) in [7, 11) is 1.91. The van der Waals surface area contributed by atoms with E-state index >= 15 is 0 Å². The zero-order chi connectivity index (χ0) is 15.7. The fourth-order valence-electron chi connectivity index (χ4n) is 2.94. The van der Waals surface area contributed by atoms with Crippen molar-refractivity contribution in [2.45, 2.75) is 0 Å². The molecule has 1 aromatic carbocycles. The molecule has 0 unspecified atom stereocenters. The predicted octanol–water partition coefficient (Wildman–Crippen LogP) is 0.925. The SMILES string of the molecule is Cn1cc(C(=O)N2CCNC[C@H](C(=O)O)C2)c2ccccc21. The van der Waals surface area contributed by atoms with Crippen molar-refractivity contribution in [3.63, 3.8) is 0 Å². The van der Waals surface area contributed by atoms with Crippen LogP contribution in [0, 0.1) is 5.92 Å². The highest BCUT2D eigenvalue weighted by atomic mass is 16.4. The Morgan fingerprint density at radius 2 is 2.09 bits per heavy atom. The molecule has 2 aromatic rings. The number of benzene rings is 1. The van der Waals surface area contributed by atoms with Crippen LogP contribution in [0.15, 0.2) is 30.5 Å². The second-order valence-electron chi connectivity index (χ2n) is 5.66. The van der Waals surface area contributed by atoms with E-state index in [4.69, 9.17) is 0 Å². The Kier molecular flexibility index (Phi) is 3.85. The smallest absolute Gasteiger partial charge is 0.309 e. The molecule has 1 aliphatic heterocycles. The van der Waals surface area contributed by atoms with Gasteiger partial charge in [0.1, 0.15) is 0 Å². The third-order valence-electron chi connectivity index (χ3n) is 4.15. The van der Waals surface area contributed by atoms with Gasteiger partial charge in [-0.25, -0.2) is 0 Å². The summed E-state index contributed by atoms with van der Waals surface area (Å²) in [5.74, 6) is -1.54. The summed E-state index contributed by atoms with van der Waals surface area (Å²) in [6.45, 7) is 1.77. The van der Waals surface area contributed by atoms with E-state index in [9.17, 15) is 14.7 Å². The van der Waals surface area contributed by atoms with E-state index in [1.54, 1.807) is 4.90 Å². The van der Waals surface area contributed by atoms with Crippen LogP contribution in [-0.4, -0.2) is 52.6 Å². The Bertz CT molecular complexity index is 722. The predicted molar refractivity (Wildman–Crippen MR) is 82.8 cm³/mol. The summed E-state index contributed by atoms with van der Waals surface area (Å²) in [6, 6.07) is 7.74. The number of carboxylic acid groups (broad SMARTS) is 1. The molecule has 0 spiro atoms. The number of fused-ring (bicyclic) bond motifs is 1. The zero-order valence-corrected chi connectivity index (χ0v) is 12.5. The molecule has 1 aliphatic rings. The maximum atomic E-state index is 12.8. The van der Waals surface area contributed by atoms with Crippen LogP contribution >= 0.6 is 0 Å². The lowest BCUT2D eigenvalue weighted by Crippen LogP contribution is -2.38. The third kappa shape index (κ3) is 2.57. The van der Waals surface area contributed by atoms with Gasteiger partial charge >= 0.3 is 5.97 Å². The maximum Gasteiger partial charge on any atom is 0.309 e. The van der Waals surface area contributed by atoms with Gasteiger partial charge in [0.15, 0.2) is 0 Å². The fourth-order valence-corrected chi connectivity index (χ4v) is 2.94. The highest BCUT2D eigenvalue weighted by molar-refractivity contribution is 6.07. The number of aromatic nitrogens is 1. The van der Waals surface area contributed by atoms with Crippen molar-refractivity contribution in [3.8, 4) is 0 Å². The van der Waals surface area contributed by atoms with Gasteiger partial charge in [-0.1, -0.05) is 18.2 Å². The highest BCUT2D eigenvalue weighted by Gasteiger charge is 2.28. The van der Waals surface area contributed by atoms with E-state index in [-0.39, 0.29) is 12.5 Å². The van der Waals surface area contributed by atoms with Gasteiger partial charge in [-0.15, -0.1) is 0 Å². The van der Waals surface area contributed by atoms with Gasteiger partial charge in [-0.05, 0) is 6.07 Å². The topological polar surface area (TPSA) is 74.6 Å². The van der Waals surface area contributed by atoms with Crippen molar-refractivity contribution in [2.75, 3.05) is 26.2 Å². The molecule has 0 aliphatic carbocycles. The molecule has 6 nitrogen and oxygen atoms in total. The molecule has 1 atom stereocenters. The Morgan fingerprint density at radius 3 is 2.86 bits per heavy atom. The summed E-state index contributed by atoms with van der Waals surface area (Å²) in [5, 5.41) is 13.2. The Labute approximate surface area is 128 Å². The van der Waals surface area contributed by atoms with Gasteiger partial charge < -0.3 is 19.9 Å². The molecule has 22 heavy (non-hydrogen) atoms. The van der Waals surface area contributed by atoms with Crippen LogP contribution in [-0.2, 0) is 11.8 Å². The van der Waals surface area contributed by atoms with Crippen LogP contribution < -0.4 is 5.32 Å². The number of nitrogens with one attached hydrogen (secondary N) is 1. The lowest BCUT2D eigenvalue weighted by Gasteiger charge is -2.22. The van der Waals surface area contributed by atoms with Crippen LogP contribution in [0.25, 0.3) is 10.9 Å². The van der Waals surface area contributed by atoms with Gasteiger partial charge in [-0.2, -0.15) is 0 Å². The number of aryl methyl sites for hydroxylation is 1. The van der Waals surface area contributed by atoms with Crippen molar-refractivity contribution >= 4 is 22.8 Å². The molecule has 2 heterocycles. The van der Waals surface area contributed by atoms with E-state index in [1.165, 1.54) is 0 Å². The van der Waals surface area contributed by atoms with Crippen molar-refractivity contribution in [2.24, 2.45) is 13.0 Å². The highest BCUT2D eigenvalue weighted by Crippen LogP contribution is 2.22. The first-order valence-electron chi connectivity index (χ1n) is 7.35. The first-order valence-corrected chi connectivity index (χ1v) is 7.35. The van der Waals surface area contributed by atoms with E-state index < -0.39 is 11.9 Å². The van der Waals surface area contributed by atoms with Gasteiger partial charge in [0, 0.05) is 50.3 Å². The van der Waals surface area contributed by atoms with Crippen molar-refractivity contribution in [1.29, 1.82) is 0 Å². The summed E-state index contributed by atoms with van der Waals surface area (Å²) in [4.78, 5) is 25.7. The second-order valence-corrected chi connectivity index (χ2v) is 5.66. The molecule has 0 radical (unpaired) electrons. The van der Waals surface area contributed by atoms with Gasteiger partial charge in [0.25, 0.3) is 5.91 Å². The number of carbonyl (C=O) groups is 2. The number of aliphatic carboxylic acids is 1. The minimum atomic E-state index is -0.870. The van der Waals surface area contributed by atoms with Crippen LogP contribution in [0.2, 0.25) is 0 Å². The molecular formula is C16H19N3O3. The first kappa shape index (κ1) is 14.6. The number of carbonyl (C=O) groups excluding carboxylic acids is 1. The lowest BCUT2D eigenvalue weighted by atomic mass is 10.1. The molecule has 1 amide bonds. The van der Waals surface area contributed by atoms with E-state index in [0.29, 0.717) is 25.2 Å². The van der Waals surface area contributed by atoms with Crippen molar-refractivity contribution in [1.82, 2.24) is 14.8 Å². The second kappa shape index (κ2) is 5.81. The quantitative estimate of drug-likeness (QED) is 0.865. The number of amides is 1. The largest absolute Gasteiger partial charge is 0.481 e. The molecule has 116 valence electrons. The van der Waals surface area contributed by atoms with Crippen molar-refractivity contribution < 1.29 is 14.7 Å². The number of hydrogen-bond acceptors (Lipinski definition) is 3. The standard InChI is InChI=1S/C16H19N3O3/c1-18-10-13(12-4-2-3-5-14(12)18)15(20)19-7-6-17-8-11(9-19)16(21)22/h2-5,10-11,17H,6-9H2,1H3,(H,21,22)/t11-/m0/s1. The van der Waals surface area contributed by atoms with Crippen LogP contribution in [0.1, 0.15) is 10.4 Å². The van der Waals surface area contributed by atoms with Gasteiger partial charge in [0.2, 0.25) is 0 Å². The monoisotopic (exact) mass is 301 g/mol. The van der Waals surface area contributed by atoms with Gasteiger partial charge in [0.05, 0.1) is 11.5 Å². The zero-order valence-electron chi connectivity index (χ0n) is 12.5. The molecule has 1 saturated heterocycles. The van der Waals surface area contributed by atoms with Crippen LogP contribution in [0.5, 0.6) is 0 Å². The fraction of sp³-hybridized carbons (Fsp3) is 0.375. The number of hydrogen-bond donors (Lipinski definition) is 2. The molecule has 6 heteroatoms. The Hall–Kier alpha value is -2.34. The molecule has 1 aromatic heterocycles. The van der Waals surface area contributed by atoms with E-state index in [2.05, 4.69) is 5.32 Å². The van der Waals surface area contributed by atoms with Crippen molar-refractivity contribution in [3.05, 3.63) is 36.0 Å². The third-order valence-corrected chi connectivity index (χ3v) is 4.15. The Balaban J connectivity index is 1.93. The summed E-state index contributed by atoms with van der Waals surface area (Å²) >= 11 is 0. The summed E-state index contributed by atoms with van der Waals surface area (Å²) in [6.07, 6.45) is 1.82. The average molecular weight is 301 g/mol. The molecule has 1 fully saturated rings.